The van der Waals surface area contributed by atoms with Crippen LogP contribution < -0.4 is 9.80 Å². The van der Waals surface area contributed by atoms with Crippen LogP contribution in [0.5, 0.6) is 0 Å². The van der Waals surface area contributed by atoms with Crippen molar-refractivity contribution in [3.05, 3.63) is 250 Å². The Kier molecular flexibility index (Phi) is 8.67. The second-order valence-corrected chi connectivity index (χ2v) is 17.9. The molecule has 6 aromatic carbocycles. The van der Waals surface area contributed by atoms with Gasteiger partial charge in [-0.05, 0) is 137 Å². The normalized spacial score (nSPS) is 20.2. The van der Waals surface area contributed by atoms with Gasteiger partial charge in [0.05, 0.1) is 46.1 Å². The molecule has 7 aromatic rings. The minimum Gasteiger partial charge on any atom is -0.317 e. The molecule has 0 saturated heterocycles. The fourth-order valence-electron chi connectivity index (χ4n) is 11.6. The zero-order valence-corrected chi connectivity index (χ0v) is 36.2. The van der Waals surface area contributed by atoms with Crippen LogP contribution in [0.1, 0.15) is 59.2 Å². The molecule has 1 aliphatic heterocycles. The third kappa shape index (κ3) is 5.59. The molecule has 5 aliphatic rings. The van der Waals surface area contributed by atoms with Gasteiger partial charge in [0, 0.05) is 33.6 Å². The van der Waals surface area contributed by atoms with E-state index in [0.717, 1.165) is 85.2 Å². The lowest BCUT2D eigenvalue weighted by atomic mass is 9.59. The van der Waals surface area contributed by atoms with Crippen LogP contribution in [0.25, 0.3) is 33.7 Å². The van der Waals surface area contributed by atoms with Crippen LogP contribution in [0, 0.1) is 34.0 Å². The highest BCUT2D eigenvalue weighted by molar-refractivity contribution is 6.02. The average Bonchev–Trinajstić information content (AvgIpc) is 3.93. The van der Waals surface area contributed by atoms with Crippen molar-refractivity contribution in [2.75, 3.05) is 9.80 Å². The quantitative estimate of drug-likeness (QED) is 0.167. The number of benzene rings is 6. The zero-order chi connectivity index (χ0) is 43.9. The lowest BCUT2D eigenvalue weighted by molar-refractivity contribution is 0.431. The Hall–Kier alpha value is -8.25. The third-order valence-electron chi connectivity index (χ3n) is 14.4. The molecule has 65 heavy (non-hydrogen) atoms. The Morgan fingerprint density at radius 1 is 0.662 bits per heavy atom. The minimum absolute atomic E-state index is 0.248. The standard InChI is InChI=1S/C60H43N5/c1-39-16-12-13-23-47(39)43-34-54(42-17-6-3-7-18-42)63-56(35-43)65-55-36-46(64(44-19-8-4-9-20-44)45-21-10-5-11-22-45)30-31-59(55,2)58-57(65)50-24-14-15-25-51(50)60(58)52-32-40(37-61)26-28-48(52)49-29-27-41(38-62)33-53(49)60/h3-15,17-36,39,55H,16H2,1-2H3. The van der Waals surface area contributed by atoms with Gasteiger partial charge in [0.25, 0.3) is 0 Å². The number of anilines is 3. The van der Waals surface area contributed by atoms with Crippen molar-refractivity contribution in [3.8, 4) is 34.5 Å². The first-order valence-electron chi connectivity index (χ1n) is 22.4. The predicted molar refractivity (Wildman–Crippen MR) is 262 cm³/mol. The maximum atomic E-state index is 10.5. The lowest BCUT2D eigenvalue weighted by Gasteiger charge is -2.45. The second kappa shape index (κ2) is 14.7. The molecule has 1 spiro atoms. The van der Waals surface area contributed by atoms with Crippen molar-refractivity contribution in [1.29, 1.82) is 10.5 Å². The summed E-state index contributed by atoms with van der Waals surface area (Å²) in [6.45, 7) is 4.70. The van der Waals surface area contributed by atoms with Crippen LogP contribution in [-0.4, -0.2) is 11.0 Å². The zero-order valence-electron chi connectivity index (χ0n) is 36.2. The summed E-state index contributed by atoms with van der Waals surface area (Å²) >= 11 is 0. The van der Waals surface area contributed by atoms with E-state index in [1.807, 2.05) is 12.1 Å². The molecule has 0 bridgehead atoms. The molecule has 5 nitrogen and oxygen atoms in total. The van der Waals surface area contributed by atoms with E-state index in [1.54, 1.807) is 0 Å². The first-order valence-corrected chi connectivity index (χ1v) is 22.4. The molecular formula is C60H43N5. The van der Waals surface area contributed by atoms with Gasteiger partial charge >= 0.3 is 0 Å². The van der Waals surface area contributed by atoms with Crippen molar-refractivity contribution in [1.82, 2.24) is 4.98 Å². The number of nitrogens with zero attached hydrogens (tertiary/aromatic N) is 5. The van der Waals surface area contributed by atoms with Crippen LogP contribution in [0.3, 0.4) is 0 Å². The van der Waals surface area contributed by atoms with Crippen LogP contribution in [0.2, 0.25) is 0 Å². The molecule has 0 fully saturated rings. The largest absolute Gasteiger partial charge is 0.317 e. The summed E-state index contributed by atoms with van der Waals surface area (Å²) in [6.07, 6.45) is 14.9. The second-order valence-electron chi connectivity index (χ2n) is 17.9. The summed E-state index contributed by atoms with van der Waals surface area (Å²) in [5.41, 5.74) is 16.3. The van der Waals surface area contributed by atoms with Crippen LogP contribution in [0.15, 0.2) is 212 Å². The number of pyridine rings is 1. The lowest BCUT2D eigenvalue weighted by Crippen LogP contribution is -2.45. The number of aromatic nitrogens is 1. The Morgan fingerprint density at radius 3 is 1.91 bits per heavy atom. The monoisotopic (exact) mass is 833 g/mol. The van der Waals surface area contributed by atoms with Gasteiger partial charge in [-0.3, -0.25) is 0 Å². The van der Waals surface area contributed by atoms with Crippen molar-refractivity contribution in [2.24, 2.45) is 11.3 Å². The summed E-state index contributed by atoms with van der Waals surface area (Å²) < 4.78 is 0. The molecule has 0 saturated carbocycles. The van der Waals surface area contributed by atoms with Gasteiger partial charge in [0.1, 0.15) is 5.82 Å². The fraction of sp³-hybridized carbons (Fsp3) is 0.117. The number of fused-ring (bicyclic) bond motifs is 11. The average molecular weight is 834 g/mol. The van der Waals surface area contributed by atoms with Crippen LogP contribution in [-0.2, 0) is 5.41 Å². The predicted octanol–water partition coefficient (Wildman–Crippen LogP) is 13.7. The van der Waals surface area contributed by atoms with Gasteiger partial charge < -0.3 is 9.80 Å². The number of allylic oxidation sites excluding steroid dienone is 5. The molecule has 3 atom stereocenters. The summed E-state index contributed by atoms with van der Waals surface area (Å²) in [4.78, 5) is 10.6. The molecule has 1 aromatic heterocycles. The maximum absolute atomic E-state index is 10.5. The summed E-state index contributed by atoms with van der Waals surface area (Å²) in [5, 5.41) is 21.0. The van der Waals surface area contributed by atoms with Crippen molar-refractivity contribution in [2.45, 2.75) is 31.7 Å². The highest BCUT2D eigenvalue weighted by Gasteiger charge is 2.64. The number of hydrogen-bond donors (Lipinski definition) is 0. The minimum atomic E-state index is -0.822. The first kappa shape index (κ1) is 38.4. The van der Waals surface area contributed by atoms with E-state index in [0.29, 0.717) is 17.0 Å². The third-order valence-corrected chi connectivity index (χ3v) is 14.4. The SMILES string of the molecule is CC1CC=CC=C1c1cc(-c2ccccc2)nc(N2C3=C(C4(c5ccccc53)c3cc(C#N)ccc3-c3ccc(C#N)cc34)C3(C)C=CC(N(c4ccccc4)c4ccccc4)=CC23)c1. The smallest absolute Gasteiger partial charge is 0.134 e. The van der Waals surface area contributed by atoms with E-state index in [2.05, 4.69) is 224 Å². The number of nitriles is 2. The highest BCUT2D eigenvalue weighted by Crippen LogP contribution is 2.70. The number of hydrogen-bond acceptors (Lipinski definition) is 5. The summed E-state index contributed by atoms with van der Waals surface area (Å²) in [6, 6.07) is 62.1. The van der Waals surface area contributed by atoms with Gasteiger partial charge in [-0.15, -0.1) is 0 Å². The molecule has 12 rings (SSSR count). The van der Waals surface area contributed by atoms with E-state index in [9.17, 15) is 10.5 Å². The van der Waals surface area contributed by atoms with Crippen molar-refractivity contribution >= 4 is 28.5 Å². The number of rotatable bonds is 6. The fourth-order valence-corrected chi connectivity index (χ4v) is 11.6. The van der Waals surface area contributed by atoms with Gasteiger partial charge in [0.2, 0.25) is 0 Å². The Morgan fingerprint density at radius 2 is 1.28 bits per heavy atom. The van der Waals surface area contributed by atoms with Crippen LogP contribution in [0.4, 0.5) is 17.2 Å². The molecule has 0 radical (unpaired) electrons. The van der Waals surface area contributed by atoms with E-state index in [1.165, 1.54) is 11.1 Å². The van der Waals surface area contributed by atoms with E-state index >= 15 is 0 Å². The Bertz CT molecular complexity index is 3260. The summed E-state index contributed by atoms with van der Waals surface area (Å²) in [7, 11) is 0. The molecule has 4 aliphatic carbocycles. The molecule has 308 valence electrons. The molecule has 0 N–H and O–H groups in total. The number of para-hydroxylation sites is 2. The maximum Gasteiger partial charge on any atom is 0.134 e. The topological polar surface area (TPSA) is 67.0 Å². The molecule has 3 unspecified atom stereocenters. The Labute approximate surface area is 380 Å². The van der Waals surface area contributed by atoms with Gasteiger partial charge in [0.15, 0.2) is 0 Å². The molecule has 0 amide bonds. The van der Waals surface area contributed by atoms with E-state index in [-0.39, 0.29) is 6.04 Å². The highest BCUT2D eigenvalue weighted by atomic mass is 15.3. The molecular weight excluding hydrogens is 791 g/mol. The van der Waals surface area contributed by atoms with E-state index in [4.69, 9.17) is 4.98 Å². The molecule has 2 heterocycles. The van der Waals surface area contributed by atoms with E-state index < -0.39 is 10.8 Å². The van der Waals surface area contributed by atoms with Crippen molar-refractivity contribution < 1.29 is 0 Å². The van der Waals surface area contributed by atoms with Crippen molar-refractivity contribution in [3.63, 3.8) is 0 Å². The van der Waals surface area contributed by atoms with Crippen LogP contribution >= 0.6 is 0 Å². The summed E-state index contributed by atoms with van der Waals surface area (Å²) in [5.74, 6) is 1.20. The first-order chi connectivity index (χ1) is 31.9. The van der Waals surface area contributed by atoms with Gasteiger partial charge in [-0.2, -0.15) is 10.5 Å². The van der Waals surface area contributed by atoms with Gasteiger partial charge in [-0.25, -0.2) is 4.98 Å². The van der Waals surface area contributed by atoms with Gasteiger partial charge in [-0.1, -0.05) is 134 Å². The molecule has 5 heteroatoms. The Balaban J connectivity index is 1.19.